The van der Waals surface area contributed by atoms with Gasteiger partial charge in [-0.25, -0.2) is 0 Å². The molecular formula is C17H21NO3. The van der Waals surface area contributed by atoms with Crippen molar-refractivity contribution in [3.05, 3.63) is 53.8 Å². The third-order valence-electron chi connectivity index (χ3n) is 2.58. The van der Waals surface area contributed by atoms with Crippen LogP contribution in [0.5, 0.6) is 0 Å². The minimum absolute atomic E-state index is 0.00903. The number of ketones is 1. The Bertz CT molecular complexity index is 518. The zero-order valence-electron chi connectivity index (χ0n) is 12.5. The van der Waals surface area contributed by atoms with E-state index in [1.807, 2.05) is 49.4 Å². The molecule has 0 bridgehead atoms. The van der Waals surface area contributed by atoms with Crippen molar-refractivity contribution < 1.29 is 14.3 Å². The summed E-state index contributed by atoms with van der Waals surface area (Å²) in [6.45, 7) is 7.85. The Hall–Kier alpha value is -2.20. The molecule has 4 nitrogen and oxygen atoms in total. The first-order valence-electron chi connectivity index (χ1n) is 6.74. The molecule has 1 rings (SSSR count). The van der Waals surface area contributed by atoms with Crippen LogP contribution in [0.4, 0.5) is 0 Å². The molecule has 0 aliphatic heterocycles. The Kier molecular flexibility index (Phi) is 7.76. The summed E-state index contributed by atoms with van der Waals surface area (Å²) in [7, 11) is 0. The van der Waals surface area contributed by atoms with Crippen LogP contribution in [0.25, 0.3) is 5.70 Å². The van der Waals surface area contributed by atoms with Gasteiger partial charge in [-0.2, -0.15) is 0 Å². The molecule has 0 heterocycles. The zero-order valence-corrected chi connectivity index (χ0v) is 12.5. The SMILES string of the molecule is C=N/C(=C\C=C(/C)OCCOCC(C)=O)c1ccccc1. The number of hydrogen-bond acceptors (Lipinski definition) is 4. The van der Waals surface area contributed by atoms with Crippen molar-refractivity contribution in [2.75, 3.05) is 19.8 Å². The molecule has 0 spiro atoms. The number of allylic oxidation sites excluding steroid dienone is 3. The van der Waals surface area contributed by atoms with Crippen molar-refractivity contribution in [2.24, 2.45) is 4.99 Å². The highest BCUT2D eigenvalue weighted by Crippen LogP contribution is 2.15. The maximum atomic E-state index is 10.7. The quantitative estimate of drug-likeness (QED) is 0.303. The van der Waals surface area contributed by atoms with E-state index in [1.165, 1.54) is 6.92 Å². The van der Waals surface area contributed by atoms with Crippen LogP contribution in [0.3, 0.4) is 0 Å². The van der Waals surface area contributed by atoms with E-state index < -0.39 is 0 Å². The molecule has 0 aliphatic carbocycles. The van der Waals surface area contributed by atoms with Crippen molar-refractivity contribution in [3.8, 4) is 0 Å². The van der Waals surface area contributed by atoms with Crippen LogP contribution in [0.15, 0.2) is 53.2 Å². The lowest BCUT2D eigenvalue weighted by Gasteiger charge is -2.06. The van der Waals surface area contributed by atoms with Crippen molar-refractivity contribution in [1.29, 1.82) is 0 Å². The molecule has 1 aromatic rings. The van der Waals surface area contributed by atoms with Crippen LogP contribution >= 0.6 is 0 Å². The second kappa shape index (κ2) is 9.66. The summed E-state index contributed by atoms with van der Waals surface area (Å²) in [4.78, 5) is 14.7. The first-order valence-corrected chi connectivity index (χ1v) is 6.74. The van der Waals surface area contributed by atoms with Crippen molar-refractivity contribution in [1.82, 2.24) is 0 Å². The van der Waals surface area contributed by atoms with E-state index in [9.17, 15) is 4.79 Å². The van der Waals surface area contributed by atoms with Crippen molar-refractivity contribution in [2.45, 2.75) is 13.8 Å². The van der Waals surface area contributed by atoms with Gasteiger partial charge < -0.3 is 9.47 Å². The Balaban J connectivity index is 2.47. The number of carbonyl (C=O) groups excluding carboxylic acids is 1. The Morgan fingerprint density at radius 3 is 2.52 bits per heavy atom. The summed E-state index contributed by atoms with van der Waals surface area (Å²) in [5.41, 5.74) is 1.78. The molecule has 112 valence electrons. The topological polar surface area (TPSA) is 47.9 Å². The molecule has 0 N–H and O–H groups in total. The minimum atomic E-state index is 0.00903. The molecule has 4 heteroatoms. The fourth-order valence-corrected chi connectivity index (χ4v) is 1.57. The predicted octanol–water partition coefficient (Wildman–Crippen LogP) is 3.25. The number of rotatable bonds is 9. The lowest BCUT2D eigenvalue weighted by molar-refractivity contribution is -0.121. The number of Topliss-reactive ketones (excluding diaryl/α,β-unsaturated/α-hetero) is 1. The second-order valence-electron chi connectivity index (χ2n) is 4.46. The Morgan fingerprint density at radius 1 is 1.19 bits per heavy atom. The molecule has 0 atom stereocenters. The maximum Gasteiger partial charge on any atom is 0.155 e. The predicted molar refractivity (Wildman–Crippen MR) is 85.2 cm³/mol. The number of hydrogen-bond donors (Lipinski definition) is 0. The molecule has 0 amide bonds. The molecule has 0 radical (unpaired) electrons. The monoisotopic (exact) mass is 287 g/mol. The summed E-state index contributed by atoms with van der Waals surface area (Å²) in [6, 6.07) is 9.80. The van der Waals surface area contributed by atoms with Gasteiger partial charge in [-0.05, 0) is 32.7 Å². The van der Waals surface area contributed by atoms with Gasteiger partial charge in [-0.1, -0.05) is 30.3 Å². The molecule has 0 saturated carbocycles. The standard InChI is InChI=1S/C17H21NO3/c1-14(19)13-20-11-12-21-15(2)9-10-17(18-3)16-7-5-4-6-8-16/h4-10H,3,11-13H2,1-2H3/b15-9+,17-10-. The van der Waals surface area contributed by atoms with Gasteiger partial charge in [0.25, 0.3) is 0 Å². The first-order chi connectivity index (χ1) is 10.1. The number of ether oxygens (including phenoxy) is 2. The summed E-state index contributed by atoms with van der Waals surface area (Å²) < 4.78 is 10.6. The van der Waals surface area contributed by atoms with E-state index in [4.69, 9.17) is 9.47 Å². The van der Waals surface area contributed by atoms with Gasteiger partial charge in [0.15, 0.2) is 5.78 Å². The smallest absolute Gasteiger partial charge is 0.155 e. The summed E-state index contributed by atoms with van der Waals surface area (Å²) in [5, 5.41) is 0. The molecule has 21 heavy (non-hydrogen) atoms. The number of carbonyl (C=O) groups is 1. The lowest BCUT2D eigenvalue weighted by atomic mass is 10.1. The first kappa shape index (κ1) is 16.9. The highest BCUT2D eigenvalue weighted by atomic mass is 16.5. The van der Waals surface area contributed by atoms with Crippen LogP contribution in [-0.2, 0) is 14.3 Å². The second-order valence-corrected chi connectivity index (χ2v) is 4.46. The molecule has 0 aliphatic rings. The van der Waals surface area contributed by atoms with Gasteiger partial charge in [0, 0.05) is 5.56 Å². The van der Waals surface area contributed by atoms with Crippen LogP contribution in [0.2, 0.25) is 0 Å². The van der Waals surface area contributed by atoms with Crippen LogP contribution in [-0.4, -0.2) is 32.3 Å². The van der Waals surface area contributed by atoms with Gasteiger partial charge in [0.05, 0.1) is 18.1 Å². The van der Waals surface area contributed by atoms with E-state index in [2.05, 4.69) is 11.7 Å². The average Bonchev–Trinajstić information content (AvgIpc) is 2.48. The molecule has 0 saturated heterocycles. The van der Waals surface area contributed by atoms with Crippen molar-refractivity contribution in [3.63, 3.8) is 0 Å². The Labute approximate surface area is 125 Å². The lowest BCUT2D eigenvalue weighted by Crippen LogP contribution is -2.09. The molecule has 1 aromatic carbocycles. The molecule has 0 aromatic heterocycles. The van der Waals surface area contributed by atoms with Gasteiger partial charge >= 0.3 is 0 Å². The molecule has 0 fully saturated rings. The third-order valence-corrected chi connectivity index (χ3v) is 2.58. The van der Waals surface area contributed by atoms with Crippen LogP contribution in [0, 0.1) is 0 Å². The van der Waals surface area contributed by atoms with Crippen molar-refractivity contribution >= 4 is 18.2 Å². The molecule has 0 unspecified atom stereocenters. The highest BCUT2D eigenvalue weighted by molar-refractivity contribution is 5.76. The van der Waals surface area contributed by atoms with Gasteiger partial charge in [0.1, 0.15) is 13.2 Å². The summed E-state index contributed by atoms with van der Waals surface area (Å²) in [6.07, 6.45) is 3.69. The largest absolute Gasteiger partial charge is 0.496 e. The number of aliphatic imine (C=N–C) groups is 1. The fraction of sp³-hybridized carbons (Fsp3) is 0.294. The van der Waals surface area contributed by atoms with E-state index in [-0.39, 0.29) is 12.4 Å². The Morgan fingerprint density at radius 2 is 1.90 bits per heavy atom. The van der Waals surface area contributed by atoms with Gasteiger partial charge in [0.2, 0.25) is 0 Å². The summed E-state index contributed by atoms with van der Waals surface area (Å²) >= 11 is 0. The average molecular weight is 287 g/mol. The molecular weight excluding hydrogens is 266 g/mol. The third kappa shape index (κ3) is 7.22. The number of benzene rings is 1. The zero-order chi connectivity index (χ0) is 15.5. The van der Waals surface area contributed by atoms with E-state index in [0.717, 1.165) is 17.0 Å². The minimum Gasteiger partial charge on any atom is -0.496 e. The number of nitrogens with zero attached hydrogens (tertiary/aromatic N) is 1. The maximum absolute atomic E-state index is 10.7. The van der Waals surface area contributed by atoms with E-state index >= 15 is 0 Å². The van der Waals surface area contributed by atoms with Gasteiger partial charge in [-0.15, -0.1) is 0 Å². The van der Waals surface area contributed by atoms with E-state index in [1.54, 1.807) is 0 Å². The van der Waals surface area contributed by atoms with Crippen LogP contribution < -0.4 is 0 Å². The van der Waals surface area contributed by atoms with E-state index in [0.29, 0.717) is 13.2 Å². The van der Waals surface area contributed by atoms with Gasteiger partial charge in [-0.3, -0.25) is 9.79 Å². The highest BCUT2D eigenvalue weighted by Gasteiger charge is 1.97. The van der Waals surface area contributed by atoms with Crippen LogP contribution in [0.1, 0.15) is 19.4 Å². The summed E-state index contributed by atoms with van der Waals surface area (Å²) in [5.74, 6) is 0.758. The normalized spacial score (nSPS) is 12.1. The fourth-order valence-electron chi connectivity index (χ4n) is 1.57.